The van der Waals surface area contributed by atoms with Crippen molar-refractivity contribution >= 4 is 28.5 Å². The Morgan fingerprint density at radius 3 is 1.15 bits per heavy atom. The number of hydrogen-bond acceptors (Lipinski definition) is 4. The average molecular weight is 836 g/mol. The highest BCUT2D eigenvalue weighted by molar-refractivity contribution is 7.98. The van der Waals surface area contributed by atoms with Crippen LogP contribution in [0.1, 0.15) is 80.5 Å². The van der Waals surface area contributed by atoms with Gasteiger partial charge in [0.2, 0.25) is 0 Å². The summed E-state index contributed by atoms with van der Waals surface area (Å²) in [6, 6.07) is 53.0. The second kappa shape index (κ2) is 22.7. The summed E-state index contributed by atoms with van der Waals surface area (Å²) in [6.45, 7) is 3.20. The van der Waals surface area contributed by atoms with E-state index in [0.29, 0.717) is 0 Å². The van der Waals surface area contributed by atoms with Gasteiger partial charge in [-0.1, -0.05) is 158 Å². The van der Waals surface area contributed by atoms with Gasteiger partial charge in [-0.15, -0.1) is 11.8 Å². The molecule has 3 nitrogen and oxygen atoms in total. The molecular formula is C58H65N3S. The molecule has 0 aromatic heterocycles. The number of thioether (sulfide) groups is 1. The topological polar surface area (TPSA) is 18.5 Å². The molecule has 0 spiro atoms. The van der Waals surface area contributed by atoms with Gasteiger partial charge in [0.25, 0.3) is 0 Å². The maximum atomic E-state index is 3.23. The maximum absolute atomic E-state index is 3.23. The van der Waals surface area contributed by atoms with Crippen LogP contribution < -0.4 is 5.32 Å². The van der Waals surface area contributed by atoms with E-state index in [1.54, 1.807) is 0 Å². The van der Waals surface area contributed by atoms with Gasteiger partial charge in [-0.05, 0) is 171 Å². The Hall–Kier alpha value is -5.23. The lowest BCUT2D eigenvalue weighted by Crippen LogP contribution is -2.12. The molecule has 0 unspecified atom stereocenters. The first-order chi connectivity index (χ1) is 30.4. The molecule has 1 aliphatic heterocycles. The summed E-state index contributed by atoms with van der Waals surface area (Å²) >= 11 is 1.94. The first kappa shape index (κ1) is 44.8. The van der Waals surface area contributed by atoms with Crippen LogP contribution in [0.25, 0.3) is 16.7 Å². The molecule has 0 bridgehead atoms. The second-order valence-corrected chi connectivity index (χ2v) is 18.0. The molecule has 0 saturated heterocycles. The summed E-state index contributed by atoms with van der Waals surface area (Å²) in [7, 11) is 10.5. The molecule has 6 aromatic carbocycles. The quantitative estimate of drug-likeness (QED) is 0.146. The van der Waals surface area contributed by atoms with Crippen molar-refractivity contribution in [2.45, 2.75) is 55.6 Å². The van der Waals surface area contributed by atoms with Crippen molar-refractivity contribution in [2.75, 3.05) is 54.9 Å². The Kier molecular flexibility index (Phi) is 16.4. The van der Waals surface area contributed by atoms with Gasteiger partial charge in [-0.3, -0.25) is 0 Å². The zero-order valence-electron chi connectivity index (χ0n) is 37.7. The molecule has 6 aromatic rings. The molecule has 3 aliphatic rings. The summed E-state index contributed by atoms with van der Waals surface area (Å²) in [5, 5.41) is 3.23. The summed E-state index contributed by atoms with van der Waals surface area (Å²) in [4.78, 5) is 5.87. The SMILES string of the molecule is CN(C)CC/C=C1/c2ccccc2CSc2ccccc21.CN(C)CCC=C1c2ccccc2CCc2ccccc21.CNCCC=C1c2ccccc2CCc2ccccc21. The molecule has 318 valence electrons. The van der Waals surface area contributed by atoms with Crippen LogP contribution in [0.15, 0.2) is 169 Å². The molecule has 0 saturated carbocycles. The zero-order valence-corrected chi connectivity index (χ0v) is 38.5. The normalized spacial score (nSPS) is 14.2. The largest absolute Gasteiger partial charge is 0.319 e. The lowest BCUT2D eigenvalue weighted by atomic mass is 9.93. The minimum Gasteiger partial charge on any atom is -0.319 e. The smallest absolute Gasteiger partial charge is 0.0238 e. The van der Waals surface area contributed by atoms with Gasteiger partial charge in [0.05, 0.1) is 0 Å². The van der Waals surface area contributed by atoms with E-state index in [-0.39, 0.29) is 0 Å². The fraction of sp³-hybridized carbons (Fsp3) is 0.276. The van der Waals surface area contributed by atoms with Crippen LogP contribution in [-0.2, 0) is 31.4 Å². The maximum Gasteiger partial charge on any atom is 0.0238 e. The number of rotatable bonds is 9. The van der Waals surface area contributed by atoms with Gasteiger partial charge in [-0.2, -0.15) is 0 Å². The van der Waals surface area contributed by atoms with E-state index in [2.05, 4.69) is 207 Å². The zero-order chi connectivity index (χ0) is 43.1. The van der Waals surface area contributed by atoms with Gasteiger partial charge < -0.3 is 15.1 Å². The number of fused-ring (bicyclic) bond motifs is 6. The van der Waals surface area contributed by atoms with E-state index in [4.69, 9.17) is 0 Å². The molecule has 0 radical (unpaired) electrons. The van der Waals surface area contributed by atoms with Crippen molar-refractivity contribution in [3.05, 3.63) is 225 Å². The third-order valence-electron chi connectivity index (χ3n) is 12.0. The van der Waals surface area contributed by atoms with Gasteiger partial charge in [-0.25, -0.2) is 0 Å². The van der Waals surface area contributed by atoms with Crippen LogP contribution in [0.4, 0.5) is 0 Å². The number of nitrogens with zero attached hydrogens (tertiary/aromatic N) is 2. The first-order valence-electron chi connectivity index (χ1n) is 22.6. The molecule has 4 heteroatoms. The Labute approximate surface area is 377 Å². The van der Waals surface area contributed by atoms with E-state index in [1.165, 1.54) is 82.8 Å². The number of aryl methyl sites for hydroxylation is 4. The highest BCUT2D eigenvalue weighted by atomic mass is 32.2. The Morgan fingerprint density at radius 1 is 0.419 bits per heavy atom. The van der Waals surface area contributed by atoms with Gasteiger partial charge >= 0.3 is 0 Å². The van der Waals surface area contributed by atoms with E-state index in [1.807, 2.05) is 18.8 Å². The van der Waals surface area contributed by atoms with Crippen LogP contribution >= 0.6 is 11.8 Å². The van der Waals surface area contributed by atoms with Crippen LogP contribution in [0.2, 0.25) is 0 Å². The molecule has 62 heavy (non-hydrogen) atoms. The molecule has 0 atom stereocenters. The standard InChI is InChI=1S/C20H23N.C19H21NS.C19H21N/c1-21(2)15-7-12-20-18-10-5-3-8-16(18)13-14-17-9-4-6-11-19(17)20;1-20(2)13-7-11-17-16-9-4-3-8-15(16)14-21-19-12-6-5-10-18(17)19;1-20-14-6-11-19-17-9-4-2-7-15(17)12-13-16-8-3-5-10-18(16)19/h3-6,8-12H,7,13-15H2,1-2H3;3-6,8-12H,7,13-14H2,1-2H3;2-5,7-11,20H,6,12-14H2,1H3/b;17-11-;. The number of nitrogens with one attached hydrogen (secondary N) is 1. The van der Waals surface area contributed by atoms with E-state index in [0.717, 1.165) is 70.3 Å². The Balaban J connectivity index is 0.000000140. The summed E-state index contributed by atoms with van der Waals surface area (Å²) < 4.78 is 0. The van der Waals surface area contributed by atoms with E-state index >= 15 is 0 Å². The lowest BCUT2D eigenvalue weighted by Gasteiger charge is -2.13. The highest BCUT2D eigenvalue weighted by Gasteiger charge is 2.20. The fourth-order valence-corrected chi connectivity index (χ4v) is 9.88. The minimum atomic E-state index is 1.02. The van der Waals surface area contributed by atoms with Crippen molar-refractivity contribution in [3.8, 4) is 0 Å². The Bertz CT molecular complexity index is 2220. The van der Waals surface area contributed by atoms with E-state index < -0.39 is 0 Å². The van der Waals surface area contributed by atoms with Crippen molar-refractivity contribution in [1.29, 1.82) is 0 Å². The molecule has 1 heterocycles. The fourth-order valence-electron chi connectivity index (χ4n) is 8.81. The highest BCUT2D eigenvalue weighted by Crippen LogP contribution is 2.40. The van der Waals surface area contributed by atoms with Gasteiger partial charge in [0.1, 0.15) is 0 Å². The third-order valence-corrected chi connectivity index (χ3v) is 13.1. The Morgan fingerprint density at radius 2 is 0.742 bits per heavy atom. The predicted molar refractivity (Wildman–Crippen MR) is 269 cm³/mol. The number of benzene rings is 6. The summed E-state index contributed by atoms with van der Waals surface area (Å²) in [5.41, 5.74) is 20.0. The van der Waals surface area contributed by atoms with Crippen LogP contribution in [0.5, 0.6) is 0 Å². The van der Waals surface area contributed by atoms with Gasteiger partial charge in [0, 0.05) is 23.7 Å². The van der Waals surface area contributed by atoms with Crippen LogP contribution in [-0.4, -0.2) is 64.7 Å². The minimum absolute atomic E-state index is 1.02. The number of hydrogen-bond donors (Lipinski definition) is 1. The van der Waals surface area contributed by atoms with E-state index in [9.17, 15) is 0 Å². The van der Waals surface area contributed by atoms with Crippen LogP contribution in [0.3, 0.4) is 0 Å². The monoisotopic (exact) mass is 835 g/mol. The van der Waals surface area contributed by atoms with Crippen LogP contribution in [0, 0.1) is 0 Å². The molecular weight excluding hydrogens is 771 g/mol. The van der Waals surface area contributed by atoms with Crippen molar-refractivity contribution in [1.82, 2.24) is 15.1 Å². The first-order valence-corrected chi connectivity index (χ1v) is 23.6. The molecule has 9 rings (SSSR count). The molecule has 0 amide bonds. The molecule has 2 aliphatic carbocycles. The third kappa shape index (κ3) is 11.6. The van der Waals surface area contributed by atoms with Crippen molar-refractivity contribution < 1.29 is 0 Å². The average Bonchev–Trinajstić information content (AvgIpc) is 3.64. The second-order valence-electron chi connectivity index (χ2n) is 17.0. The van der Waals surface area contributed by atoms with Gasteiger partial charge in [0.15, 0.2) is 0 Å². The van der Waals surface area contributed by atoms with Crippen molar-refractivity contribution in [3.63, 3.8) is 0 Å². The molecule has 0 fully saturated rings. The molecule has 1 N–H and O–H groups in total. The summed E-state index contributed by atoms with van der Waals surface area (Å²) in [6.07, 6.45) is 15.0. The van der Waals surface area contributed by atoms with Crippen molar-refractivity contribution in [2.24, 2.45) is 0 Å². The predicted octanol–water partition coefficient (Wildman–Crippen LogP) is 12.7. The summed E-state index contributed by atoms with van der Waals surface area (Å²) in [5.74, 6) is 1.05. The lowest BCUT2D eigenvalue weighted by molar-refractivity contribution is 0.417.